The highest BCUT2D eigenvalue weighted by atomic mass is 19.4. The van der Waals surface area contributed by atoms with Gasteiger partial charge >= 0.3 is 36.6 Å². The van der Waals surface area contributed by atoms with Gasteiger partial charge in [-0.25, -0.2) is 4.39 Å². The van der Waals surface area contributed by atoms with E-state index in [1.165, 1.54) is 0 Å². The molecule has 0 rings (SSSR count). The fourth-order valence-electron chi connectivity index (χ4n) is 1.42. The molecule has 0 radical (unpaired) electrons. The van der Waals surface area contributed by atoms with Gasteiger partial charge in [0.25, 0.3) is 0 Å². The molecule has 0 aliphatic heterocycles. The molecule has 0 saturated carbocycles. The highest BCUT2D eigenvalue weighted by Crippen LogP contribution is 2.57. The van der Waals surface area contributed by atoms with E-state index in [1.54, 1.807) is 0 Å². The number of hydrogen-bond acceptors (Lipinski definition) is 0. The van der Waals surface area contributed by atoms with Gasteiger partial charge in [0.15, 0.2) is 0 Å². The first-order chi connectivity index (χ1) is 10.9. The molecule has 0 aromatic rings. The first-order valence-electron chi connectivity index (χ1n) is 5.33. The molecular formula is C9HF17. The molecule has 0 unspecified atom stereocenters. The molecule has 0 atom stereocenters. The van der Waals surface area contributed by atoms with Crippen LogP contribution in [0, 0.1) is 5.92 Å². The lowest BCUT2D eigenvalue weighted by molar-refractivity contribution is -0.352. The molecule has 0 saturated heterocycles. The van der Waals surface area contributed by atoms with Crippen LogP contribution in [0.2, 0.25) is 0 Å². The molecule has 156 valence electrons. The summed E-state index contributed by atoms with van der Waals surface area (Å²) in [7, 11) is 0. The summed E-state index contributed by atoms with van der Waals surface area (Å²) in [5.74, 6) is -26.7. The Labute approximate surface area is 130 Å². The van der Waals surface area contributed by atoms with Crippen LogP contribution in [0.3, 0.4) is 0 Å². The second-order valence-corrected chi connectivity index (χ2v) is 4.38. The summed E-state index contributed by atoms with van der Waals surface area (Å²) >= 11 is 0. The molecule has 17 heteroatoms. The smallest absolute Gasteiger partial charge is 0.210 e. The first kappa shape index (κ1) is 24.6. The Morgan fingerprint density at radius 3 is 1.04 bits per heavy atom. The first-order valence-corrected chi connectivity index (χ1v) is 5.33. The summed E-state index contributed by atoms with van der Waals surface area (Å²) in [5, 5.41) is 0. The topological polar surface area (TPSA) is 0 Å². The summed E-state index contributed by atoms with van der Waals surface area (Å²) in [6, 6.07) is 0. The Kier molecular flexibility index (Phi) is 5.96. The van der Waals surface area contributed by atoms with Crippen LogP contribution in [-0.4, -0.2) is 36.6 Å². The lowest BCUT2D eigenvalue weighted by Crippen LogP contribution is -2.56. The maximum absolute atomic E-state index is 13.2. The minimum absolute atomic E-state index is 4.99. The van der Waals surface area contributed by atoms with Crippen molar-refractivity contribution in [3.8, 4) is 0 Å². The number of allylic oxidation sites excluding steroid dienone is 2. The standard InChI is InChI=1S/C9HF17/c10-1(3(6(16,17)18)7(19,20)21)2(5(13,14)15)4(11,12)8(22,23)9(24,25)26/h3H. The van der Waals surface area contributed by atoms with Crippen LogP contribution in [0.1, 0.15) is 0 Å². The molecule has 0 heterocycles. The van der Waals surface area contributed by atoms with Crippen LogP contribution in [0.5, 0.6) is 0 Å². The number of rotatable bonds is 3. The third-order valence-electron chi connectivity index (χ3n) is 2.49. The minimum atomic E-state index is -7.86. The predicted octanol–water partition coefficient (Wildman–Crippen LogP) is 6.35. The fourth-order valence-corrected chi connectivity index (χ4v) is 1.42. The average Bonchev–Trinajstić information content (AvgIpc) is 2.18. The van der Waals surface area contributed by atoms with E-state index in [4.69, 9.17) is 0 Å². The molecular weight excluding hydrogens is 431 g/mol. The van der Waals surface area contributed by atoms with Crippen LogP contribution < -0.4 is 0 Å². The molecule has 0 fully saturated rings. The Balaban J connectivity index is 7.04. The second-order valence-electron chi connectivity index (χ2n) is 4.38. The summed E-state index contributed by atoms with van der Waals surface area (Å²) in [6.07, 6.45) is -29.3. The molecule has 26 heavy (non-hydrogen) atoms. The Morgan fingerprint density at radius 2 is 0.846 bits per heavy atom. The molecule has 0 aliphatic carbocycles. The number of alkyl halides is 16. The van der Waals surface area contributed by atoms with Crippen LogP contribution in [-0.2, 0) is 0 Å². The lowest BCUT2D eigenvalue weighted by Gasteiger charge is -2.32. The molecule has 0 N–H and O–H groups in total. The Morgan fingerprint density at radius 1 is 0.538 bits per heavy atom. The van der Waals surface area contributed by atoms with Gasteiger partial charge in [-0.05, 0) is 0 Å². The third-order valence-corrected chi connectivity index (χ3v) is 2.49. The number of hydrogen-bond donors (Lipinski definition) is 0. The van der Waals surface area contributed by atoms with E-state index < -0.39 is 53.9 Å². The highest BCUT2D eigenvalue weighted by Gasteiger charge is 2.79. The lowest BCUT2D eigenvalue weighted by atomic mass is 9.94. The minimum Gasteiger partial charge on any atom is -0.210 e. The third kappa shape index (κ3) is 4.44. The normalized spacial score (nSPS) is 16.8. The van der Waals surface area contributed by atoms with E-state index in [0.29, 0.717) is 0 Å². The van der Waals surface area contributed by atoms with Gasteiger partial charge in [0, 0.05) is 0 Å². The van der Waals surface area contributed by atoms with Gasteiger partial charge in [0.2, 0.25) is 5.92 Å². The molecule has 0 aliphatic rings. The van der Waals surface area contributed by atoms with Crippen LogP contribution in [0.4, 0.5) is 74.6 Å². The summed E-state index contributed by atoms with van der Waals surface area (Å²) in [5.41, 5.74) is -5.26. The van der Waals surface area contributed by atoms with E-state index in [2.05, 4.69) is 0 Å². The van der Waals surface area contributed by atoms with Gasteiger partial charge in [-0.15, -0.1) is 0 Å². The van der Waals surface area contributed by atoms with Gasteiger partial charge in [0.1, 0.15) is 11.4 Å². The van der Waals surface area contributed by atoms with E-state index in [9.17, 15) is 74.6 Å². The molecule has 0 aromatic carbocycles. The van der Waals surface area contributed by atoms with Crippen LogP contribution in [0.15, 0.2) is 11.4 Å². The molecule has 0 spiro atoms. The summed E-state index contributed by atoms with van der Waals surface area (Å²) in [4.78, 5) is 0. The van der Waals surface area contributed by atoms with E-state index in [-0.39, 0.29) is 0 Å². The Bertz CT molecular complexity index is 521. The van der Waals surface area contributed by atoms with Crippen molar-refractivity contribution in [2.45, 2.75) is 36.6 Å². The molecule has 0 amide bonds. The van der Waals surface area contributed by atoms with Crippen LogP contribution >= 0.6 is 0 Å². The summed E-state index contributed by atoms with van der Waals surface area (Å²) in [6.45, 7) is 0. The largest absolute Gasteiger partial charge is 0.460 e. The van der Waals surface area contributed by atoms with E-state index in [0.717, 1.165) is 0 Å². The van der Waals surface area contributed by atoms with Gasteiger partial charge in [0.05, 0.1) is 0 Å². The van der Waals surface area contributed by atoms with Crippen molar-refractivity contribution in [3.05, 3.63) is 11.4 Å². The molecule has 0 aromatic heterocycles. The fraction of sp³-hybridized carbons (Fsp3) is 0.778. The zero-order valence-corrected chi connectivity index (χ0v) is 11.0. The van der Waals surface area contributed by atoms with Crippen molar-refractivity contribution in [3.63, 3.8) is 0 Å². The quantitative estimate of drug-likeness (QED) is 0.457. The van der Waals surface area contributed by atoms with Gasteiger partial charge in [-0.1, -0.05) is 0 Å². The monoisotopic (exact) mass is 432 g/mol. The Hall–Kier alpha value is -1.45. The van der Waals surface area contributed by atoms with Crippen molar-refractivity contribution in [2.24, 2.45) is 5.92 Å². The zero-order chi connectivity index (χ0) is 21.7. The molecule has 0 nitrogen and oxygen atoms in total. The van der Waals surface area contributed by atoms with E-state index in [1.807, 2.05) is 0 Å². The van der Waals surface area contributed by atoms with Crippen molar-refractivity contribution < 1.29 is 74.6 Å². The van der Waals surface area contributed by atoms with Gasteiger partial charge in [-0.2, -0.15) is 70.2 Å². The maximum atomic E-state index is 13.2. The van der Waals surface area contributed by atoms with E-state index >= 15 is 0 Å². The maximum Gasteiger partial charge on any atom is 0.460 e. The van der Waals surface area contributed by atoms with Gasteiger partial charge in [-0.3, -0.25) is 0 Å². The predicted molar refractivity (Wildman–Crippen MR) is 45.7 cm³/mol. The highest BCUT2D eigenvalue weighted by molar-refractivity contribution is 5.29. The van der Waals surface area contributed by atoms with Gasteiger partial charge < -0.3 is 0 Å². The second kappa shape index (κ2) is 6.31. The van der Waals surface area contributed by atoms with Crippen molar-refractivity contribution in [2.75, 3.05) is 0 Å². The zero-order valence-electron chi connectivity index (χ0n) is 11.0. The average molecular weight is 432 g/mol. The van der Waals surface area contributed by atoms with Crippen molar-refractivity contribution in [1.29, 1.82) is 0 Å². The SMILES string of the molecule is FC(=C(C(F)(F)F)C(F)(F)C(F)(F)C(F)(F)F)C(C(F)(F)F)C(F)(F)F. The number of halogens is 17. The van der Waals surface area contributed by atoms with Crippen LogP contribution in [0.25, 0.3) is 0 Å². The molecule has 0 bridgehead atoms. The van der Waals surface area contributed by atoms with Crippen molar-refractivity contribution in [1.82, 2.24) is 0 Å². The summed E-state index contributed by atoms with van der Waals surface area (Å²) < 4.78 is 209. The van der Waals surface area contributed by atoms with Crippen molar-refractivity contribution >= 4 is 0 Å².